The van der Waals surface area contributed by atoms with Crippen LogP contribution in [0.2, 0.25) is 0 Å². The zero-order valence-electron chi connectivity index (χ0n) is 18.9. The molecule has 1 aliphatic heterocycles. The van der Waals surface area contributed by atoms with Crippen molar-refractivity contribution in [2.24, 2.45) is 5.92 Å². The number of aromatic nitrogens is 6. The standard InChI is InChI=1S/C21H28N8O2S2/c1-4-32-20-26-18(24-10-13(2)3)15-11-25-28(19(15)27-20)8-7-22-16(30)9-14-12-33-21-23-6-5-17(31)29(14)21/h5-6,11,13-14H,4,7-10,12H2,1-3H3,(H,22,30)(H,24,26,27). The number of amides is 1. The van der Waals surface area contributed by atoms with Crippen LogP contribution in [-0.4, -0.2) is 59.8 Å². The molecule has 33 heavy (non-hydrogen) atoms. The zero-order chi connectivity index (χ0) is 23.4. The van der Waals surface area contributed by atoms with Gasteiger partial charge in [-0.3, -0.25) is 14.2 Å². The molecular weight excluding hydrogens is 460 g/mol. The average molecular weight is 489 g/mol. The molecule has 1 unspecified atom stereocenters. The molecule has 1 aliphatic rings. The first-order valence-corrected chi connectivity index (χ1v) is 13.0. The van der Waals surface area contributed by atoms with Crippen molar-refractivity contribution in [3.05, 3.63) is 28.8 Å². The van der Waals surface area contributed by atoms with Gasteiger partial charge in [-0.2, -0.15) is 5.10 Å². The van der Waals surface area contributed by atoms with Gasteiger partial charge in [-0.1, -0.05) is 44.3 Å². The highest BCUT2D eigenvalue weighted by atomic mass is 32.2. The van der Waals surface area contributed by atoms with Crippen LogP contribution in [0.4, 0.5) is 5.82 Å². The summed E-state index contributed by atoms with van der Waals surface area (Å²) in [7, 11) is 0. The Morgan fingerprint density at radius 1 is 1.36 bits per heavy atom. The molecule has 10 nitrogen and oxygen atoms in total. The average Bonchev–Trinajstić information content (AvgIpc) is 3.37. The fourth-order valence-electron chi connectivity index (χ4n) is 3.56. The van der Waals surface area contributed by atoms with Crippen molar-refractivity contribution in [1.29, 1.82) is 0 Å². The lowest BCUT2D eigenvalue weighted by Gasteiger charge is -2.13. The summed E-state index contributed by atoms with van der Waals surface area (Å²) in [6.07, 6.45) is 3.52. The predicted molar refractivity (Wildman–Crippen MR) is 131 cm³/mol. The summed E-state index contributed by atoms with van der Waals surface area (Å²) >= 11 is 3.09. The number of hydrogen-bond donors (Lipinski definition) is 2. The molecule has 0 aromatic carbocycles. The van der Waals surface area contributed by atoms with E-state index < -0.39 is 0 Å². The predicted octanol–water partition coefficient (Wildman–Crippen LogP) is 2.42. The number of nitrogens with one attached hydrogen (secondary N) is 2. The maximum atomic E-state index is 12.5. The Labute approximate surface area is 200 Å². The van der Waals surface area contributed by atoms with Gasteiger partial charge in [-0.05, 0) is 11.7 Å². The lowest BCUT2D eigenvalue weighted by Crippen LogP contribution is -2.32. The van der Waals surface area contributed by atoms with E-state index in [2.05, 4.69) is 51.5 Å². The third-order valence-corrected chi connectivity index (χ3v) is 6.95. The molecule has 1 amide bonds. The van der Waals surface area contributed by atoms with Crippen LogP contribution in [0.5, 0.6) is 0 Å². The first-order valence-electron chi connectivity index (χ1n) is 11.0. The molecule has 0 aliphatic carbocycles. The Morgan fingerprint density at radius 3 is 3.00 bits per heavy atom. The second kappa shape index (κ2) is 10.6. The van der Waals surface area contributed by atoms with Gasteiger partial charge in [0.05, 0.1) is 24.2 Å². The van der Waals surface area contributed by atoms with Crippen LogP contribution in [0.3, 0.4) is 0 Å². The van der Waals surface area contributed by atoms with Crippen molar-refractivity contribution >= 4 is 46.3 Å². The van der Waals surface area contributed by atoms with Crippen molar-refractivity contribution in [1.82, 2.24) is 34.6 Å². The minimum Gasteiger partial charge on any atom is -0.369 e. The van der Waals surface area contributed by atoms with Crippen LogP contribution < -0.4 is 16.2 Å². The number of carbonyl (C=O) groups excluding carboxylic acids is 1. The summed E-state index contributed by atoms with van der Waals surface area (Å²) in [5.41, 5.74) is 0.633. The summed E-state index contributed by atoms with van der Waals surface area (Å²) in [6, 6.07) is 1.26. The van der Waals surface area contributed by atoms with Crippen molar-refractivity contribution < 1.29 is 4.79 Å². The molecule has 3 aromatic rings. The van der Waals surface area contributed by atoms with Crippen LogP contribution >= 0.6 is 23.5 Å². The van der Waals surface area contributed by atoms with Crippen LogP contribution in [0.15, 0.2) is 33.6 Å². The van der Waals surface area contributed by atoms with Crippen LogP contribution in [-0.2, 0) is 11.3 Å². The quantitative estimate of drug-likeness (QED) is 0.327. The van der Waals surface area contributed by atoms with Gasteiger partial charge in [0.2, 0.25) is 5.91 Å². The van der Waals surface area contributed by atoms with Crippen molar-refractivity contribution in [2.45, 2.75) is 50.1 Å². The molecule has 0 saturated carbocycles. The van der Waals surface area contributed by atoms with Gasteiger partial charge in [0.1, 0.15) is 5.82 Å². The molecule has 0 bridgehead atoms. The molecule has 4 heterocycles. The highest BCUT2D eigenvalue weighted by molar-refractivity contribution is 7.99. The lowest BCUT2D eigenvalue weighted by molar-refractivity contribution is -0.121. The number of hydrogen-bond acceptors (Lipinski definition) is 9. The minimum absolute atomic E-state index is 0.100. The zero-order valence-corrected chi connectivity index (χ0v) is 20.6. The fraction of sp³-hybridized carbons (Fsp3) is 0.524. The van der Waals surface area contributed by atoms with E-state index in [1.807, 2.05) is 0 Å². The van der Waals surface area contributed by atoms with E-state index in [-0.39, 0.29) is 23.9 Å². The topological polar surface area (TPSA) is 120 Å². The number of thioether (sulfide) groups is 2. The maximum absolute atomic E-state index is 12.5. The summed E-state index contributed by atoms with van der Waals surface area (Å²) in [5.74, 6) is 2.72. The van der Waals surface area contributed by atoms with Gasteiger partial charge in [0.25, 0.3) is 5.56 Å². The molecule has 2 N–H and O–H groups in total. The largest absolute Gasteiger partial charge is 0.369 e. The Morgan fingerprint density at radius 2 is 2.21 bits per heavy atom. The summed E-state index contributed by atoms with van der Waals surface area (Å²) in [4.78, 5) is 38.2. The fourth-order valence-corrected chi connectivity index (χ4v) is 5.24. The van der Waals surface area contributed by atoms with Crippen LogP contribution in [0.25, 0.3) is 11.0 Å². The van der Waals surface area contributed by atoms with E-state index in [9.17, 15) is 9.59 Å². The molecule has 12 heteroatoms. The van der Waals surface area contributed by atoms with Gasteiger partial charge in [-0.15, -0.1) is 0 Å². The van der Waals surface area contributed by atoms with E-state index in [0.29, 0.717) is 35.1 Å². The van der Waals surface area contributed by atoms with Crippen molar-refractivity contribution in [3.63, 3.8) is 0 Å². The first-order chi connectivity index (χ1) is 16.0. The number of carbonyl (C=O) groups is 1. The number of rotatable bonds is 10. The molecule has 0 saturated heterocycles. The molecule has 3 aromatic heterocycles. The Hall–Kier alpha value is -2.60. The highest BCUT2D eigenvalue weighted by Crippen LogP contribution is 2.31. The van der Waals surface area contributed by atoms with E-state index >= 15 is 0 Å². The lowest BCUT2D eigenvalue weighted by atomic mass is 10.2. The summed E-state index contributed by atoms with van der Waals surface area (Å²) < 4.78 is 3.41. The Bertz CT molecular complexity index is 1190. The maximum Gasteiger partial charge on any atom is 0.254 e. The van der Waals surface area contributed by atoms with E-state index in [0.717, 1.165) is 29.1 Å². The number of fused-ring (bicyclic) bond motifs is 2. The second-order valence-corrected chi connectivity index (χ2v) is 10.3. The summed E-state index contributed by atoms with van der Waals surface area (Å²) in [6.45, 7) is 8.08. The normalized spacial score (nSPS) is 15.2. The highest BCUT2D eigenvalue weighted by Gasteiger charge is 2.26. The van der Waals surface area contributed by atoms with Gasteiger partial charge in [-0.25, -0.2) is 19.6 Å². The van der Waals surface area contributed by atoms with Crippen LogP contribution in [0, 0.1) is 5.92 Å². The van der Waals surface area contributed by atoms with Gasteiger partial charge >= 0.3 is 0 Å². The molecular formula is C21H28N8O2S2. The molecule has 4 rings (SSSR count). The monoisotopic (exact) mass is 488 g/mol. The van der Waals surface area contributed by atoms with Gasteiger partial charge in [0.15, 0.2) is 16.0 Å². The SMILES string of the molecule is CCSc1nc(NCC(C)C)c2cnn(CCNC(=O)CC3CSc4nccc(=O)n43)c2n1. The Kier molecular flexibility index (Phi) is 7.53. The number of anilines is 1. The van der Waals surface area contributed by atoms with E-state index in [1.165, 1.54) is 24.0 Å². The third-order valence-electron chi connectivity index (χ3n) is 5.11. The van der Waals surface area contributed by atoms with Gasteiger partial charge < -0.3 is 10.6 Å². The first kappa shape index (κ1) is 23.6. The molecule has 0 fully saturated rings. The van der Waals surface area contributed by atoms with Crippen LogP contribution in [0.1, 0.15) is 33.2 Å². The van der Waals surface area contributed by atoms with Gasteiger partial charge in [0, 0.05) is 37.5 Å². The van der Waals surface area contributed by atoms with E-state index in [1.54, 1.807) is 27.2 Å². The third kappa shape index (κ3) is 5.49. The molecule has 0 spiro atoms. The van der Waals surface area contributed by atoms with Crippen molar-refractivity contribution in [2.75, 3.05) is 29.9 Å². The van der Waals surface area contributed by atoms with E-state index in [4.69, 9.17) is 0 Å². The molecule has 176 valence electrons. The second-order valence-electron chi connectivity index (χ2n) is 8.12. The van der Waals surface area contributed by atoms with Crippen molar-refractivity contribution in [3.8, 4) is 0 Å². The number of nitrogens with zero attached hydrogens (tertiary/aromatic N) is 6. The smallest absolute Gasteiger partial charge is 0.254 e. The Balaban J connectivity index is 1.40. The summed E-state index contributed by atoms with van der Waals surface area (Å²) in [5, 5.41) is 13.1. The minimum atomic E-state index is -0.173. The molecule has 1 atom stereocenters. The molecule has 0 radical (unpaired) electrons.